The summed E-state index contributed by atoms with van der Waals surface area (Å²) in [4.78, 5) is 38.5. The van der Waals surface area contributed by atoms with Crippen LogP contribution in [0.3, 0.4) is 0 Å². The van der Waals surface area contributed by atoms with Crippen LogP contribution in [0.15, 0.2) is 47.4 Å². The molecule has 0 radical (unpaired) electrons. The van der Waals surface area contributed by atoms with E-state index < -0.39 is 11.6 Å². The molecular formula is C23H21N7O4. The van der Waals surface area contributed by atoms with Crippen LogP contribution in [-0.4, -0.2) is 30.6 Å². The second-order valence-electron chi connectivity index (χ2n) is 8.31. The number of carbonyl (C=O) groups excluding carboxylic acids is 1. The molecule has 0 amide bonds. The van der Waals surface area contributed by atoms with Gasteiger partial charge in [0.1, 0.15) is 6.61 Å². The first-order valence-electron chi connectivity index (χ1n) is 10.9. The van der Waals surface area contributed by atoms with Gasteiger partial charge in [-0.15, -0.1) is 9.89 Å². The highest BCUT2D eigenvalue weighted by atomic mass is 16.7. The van der Waals surface area contributed by atoms with Crippen LogP contribution in [0.1, 0.15) is 35.7 Å². The SMILES string of the molecule is CCC1(ONn2cc(CN)nn2)C(=O)OCc2c1cc1n(c2=O)Cc2cc3ccccc3nc2-1. The Morgan fingerprint density at radius 1 is 1.26 bits per heavy atom. The summed E-state index contributed by atoms with van der Waals surface area (Å²) in [7, 11) is 0. The third kappa shape index (κ3) is 2.87. The van der Waals surface area contributed by atoms with Gasteiger partial charge in [0.2, 0.25) is 5.60 Å². The topological polar surface area (TPSA) is 139 Å². The highest BCUT2D eigenvalue weighted by molar-refractivity contribution is 5.86. The van der Waals surface area contributed by atoms with E-state index in [0.29, 0.717) is 29.1 Å². The molecule has 11 nitrogen and oxygen atoms in total. The minimum Gasteiger partial charge on any atom is -0.458 e. The minimum absolute atomic E-state index is 0.120. The number of nitrogens with two attached hydrogens (primary N) is 1. The van der Waals surface area contributed by atoms with E-state index in [-0.39, 0.29) is 25.1 Å². The van der Waals surface area contributed by atoms with E-state index in [1.165, 1.54) is 4.79 Å². The van der Waals surface area contributed by atoms with Crippen LogP contribution >= 0.6 is 0 Å². The number of fused-ring (bicyclic) bond motifs is 5. The maximum Gasteiger partial charge on any atom is 0.346 e. The Labute approximate surface area is 193 Å². The van der Waals surface area contributed by atoms with Gasteiger partial charge in [-0.2, -0.15) is 5.59 Å². The molecular weight excluding hydrogens is 438 g/mol. The summed E-state index contributed by atoms with van der Waals surface area (Å²) >= 11 is 0. The number of para-hydroxylation sites is 1. The van der Waals surface area contributed by atoms with Crippen LogP contribution in [-0.2, 0) is 39.7 Å². The molecule has 1 aromatic carbocycles. The molecule has 0 saturated heterocycles. The van der Waals surface area contributed by atoms with Crippen molar-refractivity contribution in [3.63, 3.8) is 0 Å². The molecule has 11 heteroatoms. The molecule has 2 aliphatic rings. The fourth-order valence-electron chi connectivity index (χ4n) is 4.64. The van der Waals surface area contributed by atoms with Crippen LogP contribution < -0.4 is 16.9 Å². The summed E-state index contributed by atoms with van der Waals surface area (Å²) in [5, 5.41) is 8.77. The summed E-state index contributed by atoms with van der Waals surface area (Å²) in [5.41, 5.74) is 10.9. The Kier molecular flexibility index (Phi) is 4.51. The maximum atomic E-state index is 13.5. The fourth-order valence-corrected chi connectivity index (χ4v) is 4.64. The Hall–Kier alpha value is -4.09. The summed E-state index contributed by atoms with van der Waals surface area (Å²) in [6, 6.07) is 11.7. The van der Waals surface area contributed by atoms with Crippen molar-refractivity contribution < 1.29 is 14.4 Å². The lowest BCUT2D eigenvalue weighted by Crippen LogP contribution is -2.48. The van der Waals surface area contributed by atoms with Gasteiger partial charge in [-0.05, 0) is 29.8 Å². The van der Waals surface area contributed by atoms with Gasteiger partial charge in [-0.3, -0.25) is 4.79 Å². The number of carbonyl (C=O) groups is 1. The molecule has 3 aromatic heterocycles. The van der Waals surface area contributed by atoms with Gasteiger partial charge in [0, 0.05) is 23.1 Å². The molecule has 172 valence electrons. The Balaban J connectivity index is 1.48. The number of rotatable bonds is 5. The Morgan fingerprint density at radius 2 is 2.12 bits per heavy atom. The number of ether oxygens (including phenoxy) is 1. The molecule has 1 unspecified atom stereocenters. The van der Waals surface area contributed by atoms with E-state index in [1.54, 1.807) is 17.7 Å². The molecule has 2 aliphatic heterocycles. The second-order valence-corrected chi connectivity index (χ2v) is 8.31. The van der Waals surface area contributed by atoms with Crippen molar-refractivity contribution in [3.8, 4) is 11.4 Å². The zero-order valence-electron chi connectivity index (χ0n) is 18.3. The van der Waals surface area contributed by atoms with Gasteiger partial charge in [0.15, 0.2) is 0 Å². The normalized spacial score (nSPS) is 18.4. The molecule has 0 aliphatic carbocycles. The number of hydrogen-bond donors (Lipinski definition) is 2. The molecule has 0 spiro atoms. The number of esters is 1. The van der Waals surface area contributed by atoms with E-state index in [4.69, 9.17) is 20.3 Å². The van der Waals surface area contributed by atoms with Crippen LogP contribution in [0, 0.1) is 0 Å². The number of pyridine rings is 2. The number of hydrogen-bond acceptors (Lipinski definition) is 9. The van der Waals surface area contributed by atoms with Crippen molar-refractivity contribution in [2.45, 2.75) is 38.6 Å². The zero-order valence-corrected chi connectivity index (χ0v) is 18.3. The van der Waals surface area contributed by atoms with Crippen molar-refractivity contribution in [2.24, 2.45) is 5.73 Å². The Bertz CT molecular complexity index is 1530. The highest BCUT2D eigenvalue weighted by Crippen LogP contribution is 2.40. The van der Waals surface area contributed by atoms with Gasteiger partial charge >= 0.3 is 5.97 Å². The van der Waals surface area contributed by atoms with Gasteiger partial charge in [0.25, 0.3) is 5.56 Å². The smallest absolute Gasteiger partial charge is 0.346 e. The first-order valence-corrected chi connectivity index (χ1v) is 10.9. The van der Waals surface area contributed by atoms with Gasteiger partial charge in [-0.1, -0.05) is 25.1 Å². The molecule has 6 rings (SSSR count). The molecule has 0 fully saturated rings. The van der Waals surface area contributed by atoms with Crippen LogP contribution in [0.2, 0.25) is 0 Å². The standard InChI is InChI=1S/C23H21N7O4/c1-2-23(34-28-30-11-15(9-24)26-27-30)17-8-19-20-14(7-13-5-3-4-6-18(13)25-20)10-29(19)21(31)16(17)12-33-22(23)32/h3-8,11,28H,2,9-10,12,24H2,1H3. The average molecular weight is 459 g/mol. The van der Waals surface area contributed by atoms with Crippen molar-refractivity contribution in [2.75, 3.05) is 5.59 Å². The predicted octanol–water partition coefficient (Wildman–Crippen LogP) is 1.31. The van der Waals surface area contributed by atoms with Crippen LogP contribution in [0.5, 0.6) is 0 Å². The molecule has 34 heavy (non-hydrogen) atoms. The minimum atomic E-state index is -1.56. The number of nitrogens with one attached hydrogen (secondary N) is 1. The van der Waals surface area contributed by atoms with Crippen molar-refractivity contribution in [3.05, 3.63) is 75.3 Å². The molecule has 0 saturated carbocycles. The van der Waals surface area contributed by atoms with Crippen molar-refractivity contribution in [1.82, 2.24) is 24.7 Å². The monoisotopic (exact) mass is 459 g/mol. The molecule has 0 bridgehead atoms. The molecule has 3 N–H and O–H groups in total. The van der Waals surface area contributed by atoms with Gasteiger partial charge in [-0.25, -0.2) is 14.6 Å². The number of aromatic nitrogens is 5. The second kappa shape index (κ2) is 7.47. The Morgan fingerprint density at radius 3 is 2.91 bits per heavy atom. The van der Waals surface area contributed by atoms with E-state index >= 15 is 0 Å². The quantitative estimate of drug-likeness (QED) is 0.294. The number of nitrogens with zero attached hydrogens (tertiary/aromatic N) is 5. The first kappa shape index (κ1) is 20.5. The third-order valence-corrected chi connectivity index (χ3v) is 6.45. The fraction of sp³-hybridized carbons (Fsp3) is 0.261. The predicted molar refractivity (Wildman–Crippen MR) is 121 cm³/mol. The first-order chi connectivity index (χ1) is 16.5. The lowest BCUT2D eigenvalue weighted by Gasteiger charge is -2.35. The molecule has 5 heterocycles. The van der Waals surface area contributed by atoms with Gasteiger partial charge < -0.3 is 15.0 Å². The molecule has 1 atom stereocenters. The largest absolute Gasteiger partial charge is 0.458 e. The summed E-state index contributed by atoms with van der Waals surface area (Å²) in [6.45, 7) is 2.27. The van der Waals surface area contributed by atoms with Gasteiger partial charge in [0.05, 0.1) is 40.9 Å². The lowest BCUT2D eigenvalue weighted by molar-refractivity contribution is -0.179. The highest BCUT2D eigenvalue weighted by Gasteiger charge is 2.49. The summed E-state index contributed by atoms with van der Waals surface area (Å²) < 4.78 is 7.08. The summed E-state index contributed by atoms with van der Waals surface area (Å²) in [5.74, 6) is -0.594. The summed E-state index contributed by atoms with van der Waals surface area (Å²) in [6.07, 6.45) is 1.76. The van der Waals surface area contributed by atoms with E-state index in [1.807, 2.05) is 30.3 Å². The van der Waals surface area contributed by atoms with Crippen LogP contribution in [0.25, 0.3) is 22.3 Å². The number of cyclic esters (lactones) is 1. The maximum absolute atomic E-state index is 13.5. The lowest BCUT2D eigenvalue weighted by atomic mass is 9.86. The number of benzene rings is 1. The van der Waals surface area contributed by atoms with Crippen molar-refractivity contribution in [1.29, 1.82) is 0 Å². The van der Waals surface area contributed by atoms with Crippen molar-refractivity contribution >= 4 is 16.9 Å². The average Bonchev–Trinajstić information content (AvgIpc) is 3.47. The van der Waals surface area contributed by atoms with Crippen LogP contribution in [0.4, 0.5) is 0 Å². The van der Waals surface area contributed by atoms with E-state index in [2.05, 4.69) is 22.0 Å². The third-order valence-electron chi connectivity index (χ3n) is 6.45. The van der Waals surface area contributed by atoms with E-state index in [9.17, 15) is 9.59 Å². The molecule has 4 aromatic rings. The zero-order chi connectivity index (χ0) is 23.4. The van der Waals surface area contributed by atoms with E-state index in [0.717, 1.165) is 22.2 Å².